The van der Waals surface area contributed by atoms with Gasteiger partial charge in [-0.05, 0) is 31.2 Å². The van der Waals surface area contributed by atoms with Crippen molar-refractivity contribution in [1.82, 2.24) is 9.97 Å². The molecule has 0 N–H and O–H groups in total. The van der Waals surface area contributed by atoms with E-state index in [-0.39, 0.29) is 11.9 Å². The van der Waals surface area contributed by atoms with Crippen LogP contribution < -0.4 is 4.90 Å². The molecule has 1 aliphatic rings. The second kappa shape index (κ2) is 6.87. The second-order valence-corrected chi connectivity index (χ2v) is 6.22. The monoisotopic (exact) mass is 317 g/mol. The summed E-state index contributed by atoms with van der Waals surface area (Å²) in [4.78, 5) is 24.0. The molecule has 22 heavy (non-hydrogen) atoms. The van der Waals surface area contributed by atoms with Gasteiger partial charge in [0.15, 0.2) is 0 Å². The van der Waals surface area contributed by atoms with E-state index >= 15 is 0 Å². The first kappa shape index (κ1) is 15.0. The minimum Gasteiger partial charge on any atom is -0.466 e. The Balaban J connectivity index is 1.76. The highest BCUT2D eigenvalue weighted by molar-refractivity contribution is 7.13. The lowest BCUT2D eigenvalue weighted by molar-refractivity contribution is -0.148. The fourth-order valence-corrected chi connectivity index (χ4v) is 3.41. The van der Waals surface area contributed by atoms with Gasteiger partial charge in [0, 0.05) is 19.2 Å². The third-order valence-corrected chi connectivity index (χ3v) is 4.68. The number of hydrogen-bond donors (Lipinski definition) is 0. The molecule has 0 amide bonds. The molecule has 0 aliphatic carbocycles. The maximum Gasteiger partial charge on any atom is 0.310 e. The molecular weight excluding hydrogens is 298 g/mol. The second-order valence-electron chi connectivity index (χ2n) is 5.28. The summed E-state index contributed by atoms with van der Waals surface area (Å²) >= 11 is 1.66. The van der Waals surface area contributed by atoms with Gasteiger partial charge in [-0.1, -0.05) is 6.07 Å². The minimum atomic E-state index is -0.0975. The highest BCUT2D eigenvalue weighted by Crippen LogP contribution is 2.27. The number of carbonyl (C=O) groups is 1. The number of carbonyl (C=O) groups excluding carboxylic acids is 1. The summed E-state index contributed by atoms with van der Waals surface area (Å²) in [5.41, 5.74) is 0.929. The summed E-state index contributed by atoms with van der Waals surface area (Å²) < 4.78 is 5.15. The van der Waals surface area contributed by atoms with Gasteiger partial charge >= 0.3 is 5.97 Å². The van der Waals surface area contributed by atoms with Gasteiger partial charge in [-0.3, -0.25) is 4.79 Å². The molecule has 0 bridgehead atoms. The number of rotatable bonds is 4. The fraction of sp³-hybridized carbons (Fsp3) is 0.438. The van der Waals surface area contributed by atoms with Crippen molar-refractivity contribution in [2.75, 3.05) is 24.6 Å². The number of ether oxygens (including phenoxy) is 1. The van der Waals surface area contributed by atoms with Crippen molar-refractivity contribution in [1.29, 1.82) is 0 Å². The molecule has 1 aliphatic heterocycles. The van der Waals surface area contributed by atoms with Crippen molar-refractivity contribution in [2.45, 2.75) is 19.8 Å². The Bertz CT molecular complexity index is 630. The van der Waals surface area contributed by atoms with E-state index < -0.39 is 0 Å². The first-order valence-corrected chi connectivity index (χ1v) is 8.43. The molecule has 0 spiro atoms. The lowest BCUT2D eigenvalue weighted by atomic mass is 9.98. The Labute approximate surface area is 134 Å². The van der Waals surface area contributed by atoms with Gasteiger partial charge in [-0.25, -0.2) is 9.97 Å². The van der Waals surface area contributed by atoms with E-state index in [1.807, 2.05) is 24.4 Å². The third-order valence-electron chi connectivity index (χ3n) is 3.79. The van der Waals surface area contributed by atoms with Gasteiger partial charge in [-0.2, -0.15) is 0 Å². The zero-order valence-electron chi connectivity index (χ0n) is 12.6. The van der Waals surface area contributed by atoms with Gasteiger partial charge in [0.2, 0.25) is 0 Å². The van der Waals surface area contributed by atoms with E-state index in [0.717, 1.165) is 35.8 Å². The normalized spacial score (nSPS) is 18.2. The number of hydrogen-bond acceptors (Lipinski definition) is 6. The van der Waals surface area contributed by atoms with Crippen LogP contribution in [0.2, 0.25) is 0 Å². The molecule has 6 heteroatoms. The molecule has 1 unspecified atom stereocenters. The maximum absolute atomic E-state index is 11.9. The van der Waals surface area contributed by atoms with Crippen molar-refractivity contribution in [2.24, 2.45) is 5.92 Å². The Morgan fingerprint density at radius 3 is 3.18 bits per heavy atom. The lowest BCUT2D eigenvalue weighted by Crippen LogP contribution is -2.39. The molecule has 0 saturated carbocycles. The topological polar surface area (TPSA) is 55.3 Å². The van der Waals surface area contributed by atoms with Crippen LogP contribution in [0.4, 0.5) is 5.82 Å². The predicted octanol–water partition coefficient (Wildman–Crippen LogP) is 2.98. The zero-order valence-corrected chi connectivity index (χ0v) is 13.4. The standard InChI is InChI=1S/C16H19N3O2S/c1-2-21-16(20)12-5-3-7-19(10-12)15-9-13(17-11-18-15)14-6-4-8-22-14/h4,6,8-9,11-12H,2-3,5,7,10H2,1H3. The SMILES string of the molecule is CCOC(=O)C1CCCN(c2cc(-c3cccs3)ncn2)C1. The average Bonchev–Trinajstić information content (AvgIpc) is 3.10. The molecule has 2 aromatic heterocycles. The molecule has 1 fully saturated rings. The summed E-state index contributed by atoms with van der Waals surface area (Å²) in [7, 11) is 0. The smallest absolute Gasteiger partial charge is 0.310 e. The molecular formula is C16H19N3O2S. The molecule has 0 radical (unpaired) electrons. The number of aromatic nitrogens is 2. The van der Waals surface area contributed by atoms with Crippen molar-refractivity contribution in [3.63, 3.8) is 0 Å². The highest BCUT2D eigenvalue weighted by atomic mass is 32.1. The van der Waals surface area contributed by atoms with Crippen molar-refractivity contribution < 1.29 is 9.53 Å². The molecule has 3 heterocycles. The molecule has 2 aromatic rings. The summed E-state index contributed by atoms with van der Waals surface area (Å²) in [6.07, 6.45) is 3.46. The molecule has 3 rings (SSSR count). The van der Waals surface area contributed by atoms with Crippen LogP contribution in [0.1, 0.15) is 19.8 Å². The van der Waals surface area contributed by atoms with Gasteiger partial charge in [0.05, 0.1) is 23.1 Å². The summed E-state index contributed by atoms with van der Waals surface area (Å²) in [6, 6.07) is 6.06. The average molecular weight is 317 g/mol. The molecule has 1 saturated heterocycles. The first-order chi connectivity index (χ1) is 10.8. The van der Waals surface area contributed by atoms with Crippen molar-refractivity contribution >= 4 is 23.1 Å². The van der Waals surface area contributed by atoms with E-state index in [1.165, 1.54) is 0 Å². The van der Waals surface area contributed by atoms with Crippen LogP contribution >= 0.6 is 11.3 Å². The number of piperidine rings is 1. The summed E-state index contributed by atoms with van der Waals surface area (Å²) in [5, 5.41) is 2.04. The van der Waals surface area contributed by atoms with Crippen LogP contribution in [0.25, 0.3) is 10.6 Å². The van der Waals surface area contributed by atoms with E-state index in [0.29, 0.717) is 13.2 Å². The predicted molar refractivity (Wildman–Crippen MR) is 86.9 cm³/mol. The van der Waals surface area contributed by atoms with E-state index in [9.17, 15) is 4.79 Å². The molecule has 1 atom stereocenters. The molecule has 0 aromatic carbocycles. The lowest BCUT2D eigenvalue weighted by Gasteiger charge is -2.32. The van der Waals surface area contributed by atoms with Gasteiger partial charge in [-0.15, -0.1) is 11.3 Å². The quantitative estimate of drug-likeness (QED) is 0.811. The van der Waals surface area contributed by atoms with Gasteiger partial charge in [0.1, 0.15) is 12.1 Å². The van der Waals surface area contributed by atoms with Crippen LogP contribution in [0.5, 0.6) is 0 Å². The van der Waals surface area contributed by atoms with Crippen molar-refractivity contribution in [3.05, 3.63) is 29.9 Å². The Hall–Kier alpha value is -1.95. The van der Waals surface area contributed by atoms with Crippen LogP contribution in [0.3, 0.4) is 0 Å². The number of anilines is 1. The first-order valence-electron chi connectivity index (χ1n) is 7.55. The summed E-state index contributed by atoms with van der Waals surface area (Å²) in [5.74, 6) is 0.723. The summed E-state index contributed by atoms with van der Waals surface area (Å²) in [6.45, 7) is 3.86. The fourth-order valence-electron chi connectivity index (χ4n) is 2.72. The zero-order chi connectivity index (χ0) is 15.4. The van der Waals surface area contributed by atoms with Crippen LogP contribution in [0, 0.1) is 5.92 Å². The van der Waals surface area contributed by atoms with Crippen molar-refractivity contribution in [3.8, 4) is 10.6 Å². The molecule has 5 nitrogen and oxygen atoms in total. The van der Waals surface area contributed by atoms with Gasteiger partial charge in [0.25, 0.3) is 0 Å². The van der Waals surface area contributed by atoms with Crippen LogP contribution in [-0.2, 0) is 9.53 Å². The van der Waals surface area contributed by atoms with Crippen LogP contribution in [-0.4, -0.2) is 35.6 Å². The highest BCUT2D eigenvalue weighted by Gasteiger charge is 2.27. The van der Waals surface area contributed by atoms with E-state index in [4.69, 9.17) is 4.74 Å². The van der Waals surface area contributed by atoms with Crippen LogP contribution in [0.15, 0.2) is 29.9 Å². The van der Waals surface area contributed by atoms with E-state index in [2.05, 4.69) is 20.9 Å². The Morgan fingerprint density at radius 2 is 2.41 bits per heavy atom. The Morgan fingerprint density at radius 1 is 1.50 bits per heavy atom. The van der Waals surface area contributed by atoms with E-state index in [1.54, 1.807) is 17.7 Å². The number of nitrogens with zero attached hydrogens (tertiary/aromatic N) is 3. The number of thiophene rings is 1. The number of esters is 1. The third kappa shape index (κ3) is 3.27. The Kier molecular flexibility index (Phi) is 4.68. The largest absolute Gasteiger partial charge is 0.466 e. The molecule has 116 valence electrons. The van der Waals surface area contributed by atoms with Gasteiger partial charge < -0.3 is 9.64 Å². The maximum atomic E-state index is 11.9. The minimum absolute atomic E-state index is 0.0612.